The first-order chi connectivity index (χ1) is 7.71. The second-order valence-corrected chi connectivity index (χ2v) is 5.61. The van der Waals surface area contributed by atoms with Gasteiger partial charge in [0.05, 0.1) is 10.7 Å². The van der Waals surface area contributed by atoms with Gasteiger partial charge in [0.25, 0.3) is 0 Å². The minimum absolute atomic E-state index is 0.0949. The fourth-order valence-corrected chi connectivity index (χ4v) is 1.43. The van der Waals surface area contributed by atoms with Gasteiger partial charge < -0.3 is 11.1 Å². The smallest absolute Gasteiger partial charge is 0.229 e. The van der Waals surface area contributed by atoms with Gasteiger partial charge in [-0.1, -0.05) is 44.6 Å². The van der Waals surface area contributed by atoms with Crippen molar-refractivity contribution in [1.82, 2.24) is 0 Å². The Morgan fingerprint density at radius 1 is 1.41 bits per heavy atom. The average molecular weight is 271 g/mol. The number of nitrogens with one attached hydrogen (secondary N) is 1. The lowest BCUT2D eigenvalue weighted by Gasteiger charge is -2.18. The minimum atomic E-state index is -0.467. The number of benzene rings is 1. The molecule has 1 amide bonds. The Kier molecular flexibility index (Phi) is 4.11. The Hall–Kier alpha value is -1.13. The van der Waals surface area contributed by atoms with Gasteiger partial charge in [-0.15, -0.1) is 0 Å². The van der Waals surface area contributed by atoms with E-state index in [1.54, 1.807) is 18.2 Å². The van der Waals surface area contributed by atoms with Gasteiger partial charge in [0.2, 0.25) is 5.91 Å². The number of nitrogens with two attached hydrogens (primary N) is 1. The highest BCUT2D eigenvalue weighted by molar-refractivity contribution is 7.80. The highest BCUT2D eigenvalue weighted by Crippen LogP contribution is 2.25. The fraction of sp³-hybridized carbons (Fsp3) is 0.333. The molecule has 1 aromatic rings. The molecule has 1 rings (SSSR count). The van der Waals surface area contributed by atoms with E-state index in [0.29, 0.717) is 16.3 Å². The van der Waals surface area contributed by atoms with Crippen LogP contribution in [0.3, 0.4) is 0 Å². The molecule has 0 spiro atoms. The summed E-state index contributed by atoms with van der Waals surface area (Å²) in [5.74, 6) is -0.0949. The van der Waals surface area contributed by atoms with Crippen molar-refractivity contribution in [2.45, 2.75) is 20.8 Å². The number of anilines is 1. The summed E-state index contributed by atoms with van der Waals surface area (Å²) in [5.41, 5.74) is 6.26. The van der Waals surface area contributed by atoms with Gasteiger partial charge in [0.15, 0.2) is 0 Å². The Morgan fingerprint density at radius 3 is 2.41 bits per heavy atom. The summed E-state index contributed by atoms with van der Waals surface area (Å²) in [4.78, 5) is 12.1. The Balaban J connectivity index is 2.95. The van der Waals surface area contributed by atoms with Crippen LogP contribution in [-0.2, 0) is 4.79 Å². The van der Waals surface area contributed by atoms with E-state index in [9.17, 15) is 4.79 Å². The van der Waals surface area contributed by atoms with Gasteiger partial charge in [-0.05, 0) is 18.2 Å². The molecule has 1 aromatic carbocycles. The molecule has 0 aliphatic heterocycles. The molecule has 0 aliphatic carbocycles. The molecular weight excluding hydrogens is 256 g/mol. The van der Waals surface area contributed by atoms with Crippen LogP contribution in [-0.4, -0.2) is 10.9 Å². The largest absolute Gasteiger partial charge is 0.389 e. The molecule has 0 saturated heterocycles. The third-order valence-electron chi connectivity index (χ3n) is 2.18. The van der Waals surface area contributed by atoms with Crippen LogP contribution >= 0.6 is 23.8 Å². The van der Waals surface area contributed by atoms with Crippen LogP contribution in [0.5, 0.6) is 0 Å². The molecule has 0 bridgehead atoms. The van der Waals surface area contributed by atoms with E-state index in [0.717, 1.165) is 0 Å². The van der Waals surface area contributed by atoms with E-state index >= 15 is 0 Å². The molecule has 0 aliphatic rings. The van der Waals surface area contributed by atoms with Crippen LogP contribution in [0.15, 0.2) is 18.2 Å². The lowest BCUT2D eigenvalue weighted by Crippen LogP contribution is -2.27. The molecule has 92 valence electrons. The number of carbonyl (C=O) groups excluding carboxylic acids is 1. The molecule has 0 aromatic heterocycles. The molecule has 0 saturated carbocycles. The summed E-state index contributed by atoms with van der Waals surface area (Å²) >= 11 is 10.9. The number of hydrogen-bond acceptors (Lipinski definition) is 2. The van der Waals surface area contributed by atoms with Crippen molar-refractivity contribution in [2.75, 3.05) is 5.32 Å². The molecule has 17 heavy (non-hydrogen) atoms. The van der Waals surface area contributed by atoms with Crippen LogP contribution in [0, 0.1) is 5.41 Å². The van der Waals surface area contributed by atoms with Gasteiger partial charge in [0.1, 0.15) is 4.99 Å². The Bertz CT molecular complexity index is 466. The van der Waals surface area contributed by atoms with E-state index in [1.165, 1.54) is 0 Å². The third kappa shape index (κ3) is 3.68. The van der Waals surface area contributed by atoms with Crippen molar-refractivity contribution >= 4 is 40.4 Å². The highest BCUT2D eigenvalue weighted by Gasteiger charge is 2.21. The van der Waals surface area contributed by atoms with Crippen molar-refractivity contribution in [1.29, 1.82) is 0 Å². The first-order valence-electron chi connectivity index (χ1n) is 5.12. The van der Waals surface area contributed by atoms with E-state index in [-0.39, 0.29) is 10.9 Å². The monoisotopic (exact) mass is 270 g/mol. The summed E-state index contributed by atoms with van der Waals surface area (Å²) in [7, 11) is 0. The van der Waals surface area contributed by atoms with Crippen molar-refractivity contribution in [3.05, 3.63) is 28.8 Å². The van der Waals surface area contributed by atoms with Crippen molar-refractivity contribution in [3.63, 3.8) is 0 Å². The van der Waals surface area contributed by atoms with Crippen LogP contribution in [0.25, 0.3) is 0 Å². The molecule has 3 nitrogen and oxygen atoms in total. The average Bonchev–Trinajstić information content (AvgIpc) is 2.19. The second kappa shape index (κ2) is 5.02. The maximum absolute atomic E-state index is 11.8. The summed E-state index contributed by atoms with van der Waals surface area (Å²) in [6.07, 6.45) is 0. The zero-order valence-electron chi connectivity index (χ0n) is 10.0. The van der Waals surface area contributed by atoms with Crippen LogP contribution in [0.2, 0.25) is 5.02 Å². The van der Waals surface area contributed by atoms with Gasteiger partial charge in [-0.25, -0.2) is 0 Å². The lowest BCUT2D eigenvalue weighted by molar-refractivity contribution is -0.123. The zero-order chi connectivity index (χ0) is 13.2. The second-order valence-electron chi connectivity index (χ2n) is 4.76. The number of hydrogen-bond donors (Lipinski definition) is 2. The molecular formula is C12H15ClN2OS. The van der Waals surface area contributed by atoms with Crippen molar-refractivity contribution in [2.24, 2.45) is 11.1 Å². The molecule has 0 unspecified atom stereocenters. The molecule has 5 heteroatoms. The minimum Gasteiger partial charge on any atom is -0.389 e. The highest BCUT2D eigenvalue weighted by atomic mass is 35.5. The van der Waals surface area contributed by atoms with Crippen LogP contribution in [0.1, 0.15) is 26.3 Å². The number of carbonyl (C=O) groups is 1. The predicted octanol–water partition coefficient (Wildman–Crippen LogP) is 2.96. The van der Waals surface area contributed by atoms with Gasteiger partial charge in [0, 0.05) is 11.0 Å². The predicted molar refractivity (Wildman–Crippen MR) is 75.4 cm³/mol. The van der Waals surface area contributed by atoms with E-state index in [2.05, 4.69) is 5.32 Å². The third-order valence-corrected chi connectivity index (χ3v) is 2.73. The maximum atomic E-state index is 11.8. The fourth-order valence-electron chi connectivity index (χ4n) is 1.08. The first-order valence-corrected chi connectivity index (χ1v) is 5.91. The number of halogens is 1. The topological polar surface area (TPSA) is 55.1 Å². The van der Waals surface area contributed by atoms with Crippen molar-refractivity contribution in [3.8, 4) is 0 Å². The molecule has 3 N–H and O–H groups in total. The summed E-state index contributed by atoms with van der Waals surface area (Å²) in [6, 6.07) is 5.06. The SMILES string of the molecule is CC(C)(C)C(=O)Nc1ccc(C(N)=S)cc1Cl. The maximum Gasteiger partial charge on any atom is 0.229 e. The van der Waals surface area contributed by atoms with E-state index in [4.69, 9.17) is 29.6 Å². The Labute approximate surface area is 111 Å². The standard InChI is InChI=1S/C12H15ClN2OS/c1-12(2,3)11(16)15-9-5-4-7(10(14)17)6-8(9)13/h4-6H,1-3H3,(H2,14,17)(H,15,16). The molecule has 0 fully saturated rings. The van der Waals surface area contributed by atoms with Gasteiger partial charge >= 0.3 is 0 Å². The van der Waals surface area contributed by atoms with Crippen molar-refractivity contribution < 1.29 is 4.79 Å². The van der Waals surface area contributed by atoms with Gasteiger partial charge in [-0.3, -0.25) is 4.79 Å². The van der Waals surface area contributed by atoms with Gasteiger partial charge in [-0.2, -0.15) is 0 Å². The van der Waals surface area contributed by atoms with Crippen LogP contribution in [0.4, 0.5) is 5.69 Å². The van der Waals surface area contributed by atoms with E-state index in [1.807, 2.05) is 20.8 Å². The number of thiocarbonyl (C=S) groups is 1. The summed E-state index contributed by atoms with van der Waals surface area (Å²) in [5, 5.41) is 3.19. The van der Waals surface area contributed by atoms with E-state index < -0.39 is 5.41 Å². The number of amides is 1. The summed E-state index contributed by atoms with van der Waals surface area (Å²) in [6.45, 7) is 5.50. The molecule has 0 heterocycles. The zero-order valence-corrected chi connectivity index (χ0v) is 11.6. The first kappa shape index (κ1) is 13.9. The van der Waals surface area contributed by atoms with Crippen LogP contribution < -0.4 is 11.1 Å². The molecule has 0 radical (unpaired) electrons. The molecule has 0 atom stereocenters. The quantitative estimate of drug-likeness (QED) is 0.813. The Morgan fingerprint density at radius 2 is 2.00 bits per heavy atom. The number of rotatable bonds is 2. The lowest BCUT2D eigenvalue weighted by atomic mass is 9.95. The summed E-state index contributed by atoms with van der Waals surface area (Å²) < 4.78 is 0. The normalized spacial score (nSPS) is 11.1.